The number of nitrogens with zero attached hydrogens (tertiary/aromatic N) is 2. The second kappa shape index (κ2) is 4.63. The molecule has 0 spiro atoms. The number of hydrogen-bond donors (Lipinski definition) is 1. The first-order valence-electron chi connectivity index (χ1n) is 4.43. The fraction of sp³-hybridized carbons (Fsp3) is 0. The van der Waals surface area contributed by atoms with Crippen LogP contribution in [0, 0.1) is 0 Å². The molecule has 0 aliphatic rings. The Bertz CT molecular complexity index is 493. The van der Waals surface area contributed by atoms with E-state index in [9.17, 15) is 9.59 Å². The molecule has 0 radical (unpaired) electrons. The molecule has 0 atom stereocenters. The molecule has 5 nitrogen and oxygen atoms in total. The minimum Gasteiger partial charge on any atom is -0.321 e. The number of carbonyl (C=O) groups excluding carboxylic acids is 2. The van der Waals surface area contributed by atoms with Crippen molar-refractivity contribution in [1.29, 1.82) is 0 Å². The molecule has 0 aliphatic carbocycles. The SMILES string of the molecule is O=Cc1ccc(NC(=O)c2csnn2)cc1. The highest BCUT2D eigenvalue weighted by molar-refractivity contribution is 7.03. The molecule has 1 amide bonds. The predicted molar refractivity (Wildman–Crippen MR) is 59.7 cm³/mol. The number of carbonyl (C=O) groups is 2. The maximum atomic E-state index is 11.6. The molecule has 1 N–H and O–H groups in total. The third kappa shape index (κ3) is 2.29. The zero-order chi connectivity index (χ0) is 11.4. The molecule has 0 saturated carbocycles. The maximum absolute atomic E-state index is 11.6. The minimum atomic E-state index is -0.312. The molecule has 0 unspecified atom stereocenters. The fourth-order valence-corrected chi connectivity index (χ4v) is 1.54. The number of benzene rings is 1. The molecule has 1 heterocycles. The highest BCUT2D eigenvalue weighted by atomic mass is 32.1. The zero-order valence-electron chi connectivity index (χ0n) is 8.08. The van der Waals surface area contributed by atoms with Crippen LogP contribution in [-0.4, -0.2) is 21.8 Å². The van der Waals surface area contributed by atoms with Crippen LogP contribution >= 0.6 is 11.5 Å². The normalized spacial score (nSPS) is 9.75. The van der Waals surface area contributed by atoms with Crippen LogP contribution in [0.3, 0.4) is 0 Å². The Kier molecular flexibility index (Phi) is 3.02. The van der Waals surface area contributed by atoms with Crippen molar-refractivity contribution in [2.45, 2.75) is 0 Å². The second-order valence-electron chi connectivity index (χ2n) is 2.98. The molecule has 2 rings (SSSR count). The van der Waals surface area contributed by atoms with E-state index >= 15 is 0 Å². The molecule has 1 aromatic heterocycles. The van der Waals surface area contributed by atoms with Gasteiger partial charge < -0.3 is 5.32 Å². The van der Waals surface area contributed by atoms with E-state index in [1.807, 2.05) is 0 Å². The number of nitrogens with one attached hydrogen (secondary N) is 1. The molecule has 0 fully saturated rings. The monoisotopic (exact) mass is 233 g/mol. The van der Waals surface area contributed by atoms with Crippen molar-refractivity contribution in [1.82, 2.24) is 9.59 Å². The molecule has 0 bridgehead atoms. The summed E-state index contributed by atoms with van der Waals surface area (Å²) in [5.74, 6) is -0.312. The lowest BCUT2D eigenvalue weighted by molar-refractivity contribution is 0.102. The first kappa shape index (κ1) is 10.4. The van der Waals surface area contributed by atoms with Gasteiger partial charge in [0.05, 0.1) is 0 Å². The van der Waals surface area contributed by atoms with Gasteiger partial charge in [-0.2, -0.15) is 0 Å². The van der Waals surface area contributed by atoms with Crippen molar-refractivity contribution < 1.29 is 9.59 Å². The van der Waals surface area contributed by atoms with E-state index in [1.165, 1.54) is 0 Å². The summed E-state index contributed by atoms with van der Waals surface area (Å²) in [5, 5.41) is 7.86. The van der Waals surface area contributed by atoms with Gasteiger partial charge in [0.25, 0.3) is 5.91 Å². The Morgan fingerprint density at radius 1 is 1.31 bits per heavy atom. The molecule has 0 aliphatic heterocycles. The van der Waals surface area contributed by atoms with Crippen LogP contribution in [0.4, 0.5) is 5.69 Å². The molecule has 80 valence electrons. The third-order valence-electron chi connectivity index (χ3n) is 1.90. The van der Waals surface area contributed by atoms with Crippen LogP contribution in [0.1, 0.15) is 20.8 Å². The molecule has 6 heteroatoms. The summed E-state index contributed by atoms with van der Waals surface area (Å²) in [6, 6.07) is 6.56. The minimum absolute atomic E-state index is 0.282. The Morgan fingerprint density at radius 3 is 2.62 bits per heavy atom. The van der Waals surface area contributed by atoms with Crippen LogP contribution in [-0.2, 0) is 0 Å². The zero-order valence-corrected chi connectivity index (χ0v) is 8.90. The first-order valence-corrected chi connectivity index (χ1v) is 5.27. The lowest BCUT2D eigenvalue weighted by atomic mass is 10.2. The number of rotatable bonds is 3. The van der Waals surface area contributed by atoms with Crippen molar-refractivity contribution in [2.24, 2.45) is 0 Å². The summed E-state index contributed by atoms with van der Waals surface area (Å²) >= 11 is 1.12. The van der Waals surface area contributed by atoms with Crippen molar-refractivity contribution in [2.75, 3.05) is 5.32 Å². The molecular formula is C10H7N3O2S. The quantitative estimate of drug-likeness (QED) is 0.817. The van der Waals surface area contributed by atoms with Crippen LogP contribution in [0.25, 0.3) is 0 Å². The average molecular weight is 233 g/mol. The molecule has 0 saturated heterocycles. The van der Waals surface area contributed by atoms with Gasteiger partial charge in [-0.05, 0) is 35.8 Å². The lowest BCUT2D eigenvalue weighted by Crippen LogP contribution is -2.12. The van der Waals surface area contributed by atoms with Gasteiger partial charge in [0.1, 0.15) is 6.29 Å². The van der Waals surface area contributed by atoms with Crippen LogP contribution in [0.5, 0.6) is 0 Å². The first-order chi connectivity index (χ1) is 7.79. The van der Waals surface area contributed by atoms with Gasteiger partial charge in [-0.1, -0.05) is 4.49 Å². The maximum Gasteiger partial charge on any atom is 0.277 e. The summed E-state index contributed by atoms with van der Waals surface area (Å²) < 4.78 is 3.60. The van der Waals surface area contributed by atoms with Crippen LogP contribution in [0.15, 0.2) is 29.6 Å². The third-order valence-corrected chi connectivity index (χ3v) is 2.40. The molecule has 16 heavy (non-hydrogen) atoms. The highest BCUT2D eigenvalue weighted by Crippen LogP contribution is 2.09. The Labute approximate surface area is 95.3 Å². The van der Waals surface area contributed by atoms with E-state index in [-0.39, 0.29) is 11.6 Å². The summed E-state index contributed by atoms with van der Waals surface area (Å²) in [6.45, 7) is 0. The smallest absolute Gasteiger partial charge is 0.277 e. The average Bonchev–Trinajstić information content (AvgIpc) is 2.83. The topological polar surface area (TPSA) is 72.0 Å². The van der Waals surface area contributed by atoms with Gasteiger partial charge in [-0.25, -0.2) is 0 Å². The van der Waals surface area contributed by atoms with Crippen LogP contribution in [0.2, 0.25) is 0 Å². The Balaban J connectivity index is 2.09. The second-order valence-corrected chi connectivity index (χ2v) is 3.59. The van der Waals surface area contributed by atoms with Crippen molar-refractivity contribution in [3.05, 3.63) is 40.9 Å². The van der Waals surface area contributed by atoms with Crippen LogP contribution < -0.4 is 5.32 Å². The number of hydrogen-bond acceptors (Lipinski definition) is 5. The van der Waals surface area contributed by atoms with Gasteiger partial charge in [-0.3, -0.25) is 9.59 Å². The summed E-state index contributed by atoms with van der Waals surface area (Å²) in [6.07, 6.45) is 0.746. The number of aldehydes is 1. The molecule has 1 aromatic carbocycles. The summed E-state index contributed by atoms with van der Waals surface area (Å²) in [5.41, 5.74) is 1.46. The fourth-order valence-electron chi connectivity index (χ4n) is 1.10. The van der Waals surface area contributed by atoms with E-state index in [4.69, 9.17) is 0 Å². The van der Waals surface area contributed by atoms with Gasteiger partial charge in [0.15, 0.2) is 5.69 Å². The van der Waals surface area contributed by atoms with Gasteiger partial charge in [0.2, 0.25) is 0 Å². The summed E-state index contributed by atoms with van der Waals surface area (Å²) in [4.78, 5) is 22.0. The van der Waals surface area contributed by atoms with Gasteiger partial charge in [0, 0.05) is 16.6 Å². The highest BCUT2D eigenvalue weighted by Gasteiger charge is 2.08. The molecule has 2 aromatic rings. The standard InChI is InChI=1S/C10H7N3O2S/c14-5-7-1-3-8(4-2-7)11-10(15)9-6-16-13-12-9/h1-6H,(H,11,15). The largest absolute Gasteiger partial charge is 0.321 e. The number of amides is 1. The predicted octanol–water partition coefficient (Wildman–Crippen LogP) is 1.60. The molecular weight excluding hydrogens is 226 g/mol. The van der Waals surface area contributed by atoms with E-state index in [0.717, 1.165) is 17.8 Å². The van der Waals surface area contributed by atoms with Gasteiger partial charge >= 0.3 is 0 Å². The van der Waals surface area contributed by atoms with E-state index in [0.29, 0.717) is 11.3 Å². The van der Waals surface area contributed by atoms with Crippen molar-refractivity contribution in [3.63, 3.8) is 0 Å². The Morgan fingerprint density at radius 2 is 2.06 bits per heavy atom. The van der Waals surface area contributed by atoms with Gasteiger partial charge in [-0.15, -0.1) is 5.10 Å². The van der Waals surface area contributed by atoms with Crippen molar-refractivity contribution in [3.8, 4) is 0 Å². The van der Waals surface area contributed by atoms with E-state index in [2.05, 4.69) is 14.9 Å². The van der Waals surface area contributed by atoms with Crippen molar-refractivity contribution >= 4 is 29.4 Å². The number of aromatic nitrogens is 2. The van der Waals surface area contributed by atoms with E-state index in [1.54, 1.807) is 29.6 Å². The Hall–Kier alpha value is -2.08. The number of anilines is 1. The summed E-state index contributed by atoms with van der Waals surface area (Å²) in [7, 11) is 0. The van der Waals surface area contributed by atoms with E-state index < -0.39 is 0 Å². The lowest BCUT2D eigenvalue weighted by Gasteiger charge is -2.02.